The van der Waals surface area contributed by atoms with Crippen LogP contribution in [0.25, 0.3) is 11.0 Å². The molecule has 1 spiro atoms. The Morgan fingerprint density at radius 3 is 2.66 bits per heavy atom. The minimum Gasteiger partial charge on any atom is -0.341 e. The van der Waals surface area contributed by atoms with E-state index in [1.54, 1.807) is 0 Å². The lowest BCUT2D eigenvalue weighted by Crippen LogP contribution is -2.52. The van der Waals surface area contributed by atoms with Gasteiger partial charge in [0.25, 0.3) is 0 Å². The van der Waals surface area contributed by atoms with Gasteiger partial charge in [-0.25, -0.2) is 15.0 Å². The second-order valence-electron chi connectivity index (χ2n) is 9.09. The van der Waals surface area contributed by atoms with Gasteiger partial charge in [0, 0.05) is 43.5 Å². The Balaban J connectivity index is 1.31. The van der Waals surface area contributed by atoms with Crippen LogP contribution in [0.1, 0.15) is 57.0 Å². The summed E-state index contributed by atoms with van der Waals surface area (Å²) in [6.07, 6.45) is 11.1. The zero-order valence-corrected chi connectivity index (χ0v) is 17.3. The molecule has 1 aliphatic carbocycles. The van der Waals surface area contributed by atoms with Crippen molar-refractivity contribution in [2.75, 3.05) is 18.0 Å². The lowest BCUT2D eigenvalue weighted by atomic mass is 9.61. The van der Waals surface area contributed by atoms with Crippen molar-refractivity contribution < 1.29 is 0 Å². The van der Waals surface area contributed by atoms with Gasteiger partial charge in [0.1, 0.15) is 5.52 Å². The lowest BCUT2D eigenvalue weighted by molar-refractivity contribution is 0.0709. The molecule has 2 aliphatic rings. The SMILES string of the molecule is CC(C)n1cnc2cnc(Cc3ccnc(N4CCC5(CC4)CC(N)C5)n3)cc21. The van der Waals surface area contributed by atoms with Crippen molar-refractivity contribution in [3.63, 3.8) is 0 Å². The third kappa shape index (κ3) is 3.48. The van der Waals surface area contributed by atoms with E-state index in [1.165, 1.54) is 25.7 Å². The fourth-order valence-electron chi connectivity index (χ4n) is 4.94. The second kappa shape index (κ2) is 7.06. The van der Waals surface area contributed by atoms with Gasteiger partial charge in [0.05, 0.1) is 23.7 Å². The van der Waals surface area contributed by atoms with Crippen LogP contribution in [0.4, 0.5) is 5.95 Å². The van der Waals surface area contributed by atoms with Crippen LogP contribution in [0.3, 0.4) is 0 Å². The van der Waals surface area contributed by atoms with Gasteiger partial charge in [-0.3, -0.25) is 4.98 Å². The number of imidazole rings is 1. The van der Waals surface area contributed by atoms with Crippen molar-refractivity contribution in [2.24, 2.45) is 11.1 Å². The fraction of sp³-hybridized carbons (Fsp3) is 0.545. The summed E-state index contributed by atoms with van der Waals surface area (Å²) < 4.78 is 2.18. The molecule has 1 saturated heterocycles. The highest BCUT2D eigenvalue weighted by molar-refractivity contribution is 5.74. The average Bonchev–Trinajstić information content (AvgIpc) is 3.11. The maximum Gasteiger partial charge on any atom is 0.225 e. The van der Waals surface area contributed by atoms with Gasteiger partial charge < -0.3 is 15.2 Å². The predicted molar refractivity (Wildman–Crippen MR) is 114 cm³/mol. The Labute approximate surface area is 171 Å². The quantitative estimate of drug-likeness (QED) is 0.735. The van der Waals surface area contributed by atoms with Crippen LogP contribution in [-0.4, -0.2) is 43.6 Å². The van der Waals surface area contributed by atoms with E-state index >= 15 is 0 Å². The molecule has 7 nitrogen and oxygen atoms in total. The Kier molecular flexibility index (Phi) is 4.50. The van der Waals surface area contributed by atoms with Gasteiger partial charge in [-0.1, -0.05) is 0 Å². The standard InChI is InChI=1S/C22H29N7/c1-15(2)29-14-26-19-13-25-18(10-20(19)29)9-17-3-6-24-21(27-17)28-7-4-22(5-8-28)11-16(23)12-22/h3,6,10,13-16H,4-5,7-9,11-12,23H2,1-2H3. The number of hydrogen-bond donors (Lipinski definition) is 1. The summed E-state index contributed by atoms with van der Waals surface area (Å²) in [5.41, 5.74) is 10.6. The maximum atomic E-state index is 6.03. The number of fused-ring (bicyclic) bond motifs is 1. The predicted octanol–water partition coefficient (Wildman–Crippen LogP) is 3.10. The van der Waals surface area contributed by atoms with Crippen molar-refractivity contribution in [2.45, 2.75) is 58.0 Å². The van der Waals surface area contributed by atoms with Crippen LogP contribution >= 0.6 is 0 Å². The zero-order chi connectivity index (χ0) is 20.0. The molecule has 1 saturated carbocycles. The van der Waals surface area contributed by atoms with Crippen molar-refractivity contribution in [3.05, 3.63) is 42.2 Å². The molecule has 3 aromatic heterocycles. The van der Waals surface area contributed by atoms with Crippen LogP contribution < -0.4 is 10.6 Å². The number of rotatable bonds is 4. The smallest absolute Gasteiger partial charge is 0.225 e. The molecule has 0 atom stereocenters. The molecule has 2 fully saturated rings. The van der Waals surface area contributed by atoms with Crippen LogP contribution in [0.2, 0.25) is 0 Å². The van der Waals surface area contributed by atoms with Crippen LogP contribution in [-0.2, 0) is 6.42 Å². The number of hydrogen-bond acceptors (Lipinski definition) is 6. The molecule has 0 aromatic carbocycles. The van der Waals surface area contributed by atoms with Gasteiger partial charge >= 0.3 is 0 Å². The minimum atomic E-state index is 0.369. The van der Waals surface area contributed by atoms with Gasteiger partial charge in [0.2, 0.25) is 5.95 Å². The zero-order valence-electron chi connectivity index (χ0n) is 17.3. The summed E-state index contributed by atoms with van der Waals surface area (Å²) in [5.74, 6) is 0.842. The van der Waals surface area contributed by atoms with E-state index in [1.807, 2.05) is 24.8 Å². The number of pyridine rings is 1. The van der Waals surface area contributed by atoms with E-state index in [0.717, 1.165) is 41.5 Å². The normalized spacial score (nSPS) is 19.2. The topological polar surface area (TPSA) is 85.8 Å². The van der Waals surface area contributed by atoms with E-state index in [4.69, 9.17) is 10.7 Å². The summed E-state index contributed by atoms with van der Waals surface area (Å²) in [6.45, 7) is 6.37. The molecule has 1 aliphatic heterocycles. The molecule has 7 heteroatoms. The maximum absolute atomic E-state index is 6.03. The summed E-state index contributed by atoms with van der Waals surface area (Å²) >= 11 is 0. The van der Waals surface area contributed by atoms with E-state index in [-0.39, 0.29) is 0 Å². The number of anilines is 1. The molecule has 152 valence electrons. The summed E-state index contributed by atoms with van der Waals surface area (Å²) in [4.78, 5) is 20.8. The first-order valence-electron chi connectivity index (χ1n) is 10.7. The van der Waals surface area contributed by atoms with Gasteiger partial charge in [0.15, 0.2) is 0 Å². The third-order valence-electron chi connectivity index (χ3n) is 6.63. The van der Waals surface area contributed by atoms with Crippen LogP contribution in [0.5, 0.6) is 0 Å². The Hall–Kier alpha value is -2.54. The highest BCUT2D eigenvalue weighted by atomic mass is 15.3. The highest BCUT2D eigenvalue weighted by Gasteiger charge is 2.44. The monoisotopic (exact) mass is 391 g/mol. The van der Waals surface area contributed by atoms with E-state index in [2.05, 4.69) is 44.3 Å². The summed E-state index contributed by atoms with van der Waals surface area (Å²) in [5, 5.41) is 0. The molecule has 0 radical (unpaired) electrons. The fourth-order valence-corrected chi connectivity index (χ4v) is 4.94. The van der Waals surface area contributed by atoms with Gasteiger partial charge in [-0.2, -0.15) is 0 Å². The Morgan fingerprint density at radius 2 is 1.93 bits per heavy atom. The van der Waals surface area contributed by atoms with Crippen LogP contribution in [0, 0.1) is 5.41 Å². The minimum absolute atomic E-state index is 0.369. The van der Waals surface area contributed by atoms with Crippen molar-refractivity contribution in [3.8, 4) is 0 Å². The third-order valence-corrected chi connectivity index (χ3v) is 6.63. The molecule has 0 bridgehead atoms. The van der Waals surface area contributed by atoms with Crippen molar-refractivity contribution in [1.29, 1.82) is 0 Å². The number of nitrogens with two attached hydrogens (primary N) is 1. The number of piperidine rings is 1. The van der Waals surface area contributed by atoms with Crippen molar-refractivity contribution >= 4 is 17.0 Å². The molecule has 2 N–H and O–H groups in total. The molecular formula is C22H29N7. The van der Waals surface area contributed by atoms with E-state index in [0.29, 0.717) is 23.9 Å². The first-order valence-corrected chi connectivity index (χ1v) is 10.7. The molecule has 0 amide bonds. The molecule has 0 unspecified atom stereocenters. The summed E-state index contributed by atoms with van der Waals surface area (Å²) in [7, 11) is 0. The Morgan fingerprint density at radius 1 is 1.14 bits per heavy atom. The lowest BCUT2D eigenvalue weighted by Gasteiger charge is -2.51. The molecule has 29 heavy (non-hydrogen) atoms. The molecule has 3 aromatic rings. The van der Waals surface area contributed by atoms with Gasteiger partial charge in [-0.05, 0) is 57.1 Å². The second-order valence-corrected chi connectivity index (χ2v) is 9.09. The molecule has 4 heterocycles. The molecule has 5 rings (SSSR count). The highest BCUT2D eigenvalue weighted by Crippen LogP contribution is 2.48. The first kappa shape index (κ1) is 18.5. The van der Waals surface area contributed by atoms with E-state index in [9.17, 15) is 0 Å². The largest absolute Gasteiger partial charge is 0.341 e. The van der Waals surface area contributed by atoms with Crippen LogP contribution in [0.15, 0.2) is 30.9 Å². The molecular weight excluding hydrogens is 362 g/mol. The summed E-state index contributed by atoms with van der Waals surface area (Å²) in [6, 6.07) is 4.91. The van der Waals surface area contributed by atoms with Gasteiger partial charge in [-0.15, -0.1) is 0 Å². The van der Waals surface area contributed by atoms with E-state index < -0.39 is 0 Å². The average molecular weight is 392 g/mol. The number of aromatic nitrogens is 5. The van der Waals surface area contributed by atoms with Crippen molar-refractivity contribution in [1.82, 2.24) is 24.5 Å². The number of nitrogens with zero attached hydrogens (tertiary/aromatic N) is 6. The Bertz CT molecular complexity index is 1010. The first-order chi connectivity index (χ1) is 14.0.